The Morgan fingerprint density at radius 3 is 2.34 bits per heavy atom. The van der Waals surface area contributed by atoms with Crippen LogP contribution in [0.5, 0.6) is 0 Å². The number of aryl methyl sites for hydroxylation is 1. The second kappa shape index (κ2) is 7.80. The molecule has 0 aliphatic carbocycles. The Morgan fingerprint density at radius 1 is 0.931 bits per heavy atom. The Morgan fingerprint density at radius 2 is 1.66 bits per heavy atom. The van der Waals surface area contributed by atoms with E-state index in [0.717, 1.165) is 33.4 Å². The zero-order chi connectivity index (χ0) is 20.5. The summed E-state index contributed by atoms with van der Waals surface area (Å²) in [4.78, 5) is 9.06. The lowest BCUT2D eigenvalue weighted by atomic mass is 10.0. The fraction of sp³-hybridized carbons (Fsp3) is 0.167. The molecule has 0 spiro atoms. The lowest BCUT2D eigenvalue weighted by Crippen LogP contribution is -2.11. The van der Waals surface area contributed by atoms with E-state index in [1.807, 2.05) is 43.3 Å². The van der Waals surface area contributed by atoms with Gasteiger partial charge in [0.05, 0.1) is 5.52 Å². The summed E-state index contributed by atoms with van der Waals surface area (Å²) in [5.74, 6) is 0.481. The van der Waals surface area contributed by atoms with Gasteiger partial charge in [0, 0.05) is 33.8 Å². The van der Waals surface area contributed by atoms with Crippen molar-refractivity contribution in [2.75, 3.05) is 5.32 Å². The van der Waals surface area contributed by atoms with E-state index in [2.05, 4.69) is 29.1 Å². The van der Waals surface area contributed by atoms with Gasteiger partial charge in [0.2, 0.25) is 0 Å². The summed E-state index contributed by atoms with van der Waals surface area (Å²) in [6.07, 6.45) is 1.69. The molecule has 2 aromatic carbocycles. The number of anilines is 1. The van der Waals surface area contributed by atoms with Crippen molar-refractivity contribution >= 4 is 28.3 Å². The average molecular weight is 406 g/mol. The first-order valence-corrected chi connectivity index (χ1v) is 9.88. The van der Waals surface area contributed by atoms with Gasteiger partial charge in [-0.3, -0.25) is 4.98 Å². The molecule has 0 unspecified atom stereocenters. The minimum Gasteiger partial charge on any atom is -0.368 e. The van der Waals surface area contributed by atoms with Gasteiger partial charge in [0.15, 0.2) is 0 Å². The highest BCUT2D eigenvalue weighted by Gasteiger charge is 2.12. The van der Waals surface area contributed by atoms with Gasteiger partial charge in [0.1, 0.15) is 17.3 Å². The van der Waals surface area contributed by atoms with Gasteiger partial charge in [-0.05, 0) is 68.3 Å². The number of nitrogens with zero attached hydrogens (tertiary/aromatic N) is 2. The van der Waals surface area contributed by atoms with Crippen molar-refractivity contribution in [1.29, 1.82) is 0 Å². The lowest BCUT2D eigenvalue weighted by Gasteiger charge is -2.12. The Labute approximate surface area is 174 Å². The third-order valence-electron chi connectivity index (χ3n) is 4.74. The molecule has 2 heterocycles. The fourth-order valence-corrected chi connectivity index (χ4v) is 3.49. The SMILES string of the molecule is Cc1cc(NC(C)C)nc2ccc(-c3ncc(-c4ccc(Cl)cc4)cc3F)cc12. The van der Waals surface area contributed by atoms with Crippen LogP contribution in [0.25, 0.3) is 33.3 Å². The number of benzene rings is 2. The molecule has 1 N–H and O–H groups in total. The van der Waals surface area contributed by atoms with Crippen molar-refractivity contribution in [2.45, 2.75) is 26.8 Å². The van der Waals surface area contributed by atoms with Crippen molar-refractivity contribution in [3.8, 4) is 22.4 Å². The van der Waals surface area contributed by atoms with Crippen LogP contribution in [-0.2, 0) is 0 Å². The van der Waals surface area contributed by atoms with Gasteiger partial charge in [-0.2, -0.15) is 0 Å². The molecule has 2 aromatic heterocycles. The van der Waals surface area contributed by atoms with Crippen LogP contribution >= 0.6 is 11.6 Å². The van der Waals surface area contributed by atoms with Crippen LogP contribution in [0, 0.1) is 12.7 Å². The summed E-state index contributed by atoms with van der Waals surface area (Å²) < 4.78 is 14.9. The molecule has 0 amide bonds. The molecule has 4 aromatic rings. The van der Waals surface area contributed by atoms with Crippen LogP contribution in [0.2, 0.25) is 5.02 Å². The summed E-state index contributed by atoms with van der Waals surface area (Å²) in [6.45, 7) is 6.19. The van der Waals surface area contributed by atoms with Gasteiger partial charge in [0.25, 0.3) is 0 Å². The van der Waals surface area contributed by atoms with Crippen molar-refractivity contribution in [3.63, 3.8) is 0 Å². The quantitative estimate of drug-likeness (QED) is 0.402. The van der Waals surface area contributed by atoms with Crippen LogP contribution in [-0.4, -0.2) is 16.0 Å². The maximum atomic E-state index is 14.9. The fourth-order valence-electron chi connectivity index (χ4n) is 3.36. The molecule has 0 atom stereocenters. The van der Waals surface area contributed by atoms with E-state index < -0.39 is 0 Å². The van der Waals surface area contributed by atoms with Gasteiger partial charge in [-0.15, -0.1) is 0 Å². The van der Waals surface area contributed by atoms with Crippen LogP contribution in [0.3, 0.4) is 0 Å². The smallest absolute Gasteiger partial charge is 0.150 e. The molecule has 5 heteroatoms. The average Bonchev–Trinajstić information content (AvgIpc) is 2.68. The number of rotatable bonds is 4. The third kappa shape index (κ3) is 4.08. The molecular formula is C24H21ClFN3. The number of pyridine rings is 2. The Kier molecular flexibility index (Phi) is 5.20. The molecule has 0 saturated carbocycles. The second-order valence-corrected chi connectivity index (χ2v) is 7.85. The van der Waals surface area contributed by atoms with E-state index in [-0.39, 0.29) is 5.82 Å². The summed E-state index contributed by atoms with van der Waals surface area (Å²) >= 11 is 5.93. The highest BCUT2D eigenvalue weighted by molar-refractivity contribution is 6.30. The Balaban J connectivity index is 1.72. The molecule has 0 radical (unpaired) electrons. The van der Waals surface area contributed by atoms with E-state index in [9.17, 15) is 4.39 Å². The first kappa shape index (κ1) is 19.3. The standard InChI is InChI=1S/C24H21ClFN3/c1-14(2)28-23-10-15(3)20-11-17(6-9-22(20)29-23)24-21(26)12-18(13-27-24)16-4-7-19(25)8-5-16/h4-14H,1-3H3,(H,28,29). The molecule has 3 nitrogen and oxygen atoms in total. The number of aromatic nitrogens is 2. The molecule has 0 bridgehead atoms. The number of fused-ring (bicyclic) bond motifs is 1. The Hall–Kier alpha value is -2.98. The van der Waals surface area contributed by atoms with E-state index in [4.69, 9.17) is 11.6 Å². The molecule has 0 saturated heterocycles. The van der Waals surface area contributed by atoms with E-state index in [1.165, 1.54) is 6.07 Å². The predicted octanol–water partition coefficient (Wildman–Crippen LogP) is 6.89. The van der Waals surface area contributed by atoms with Gasteiger partial charge in [-0.25, -0.2) is 9.37 Å². The second-order valence-electron chi connectivity index (χ2n) is 7.42. The van der Waals surface area contributed by atoms with Crippen LogP contribution in [0.4, 0.5) is 10.2 Å². The molecule has 4 rings (SSSR count). The van der Waals surface area contributed by atoms with Gasteiger partial charge >= 0.3 is 0 Å². The zero-order valence-electron chi connectivity index (χ0n) is 16.5. The summed E-state index contributed by atoms with van der Waals surface area (Å²) in [5.41, 5.74) is 4.59. The first-order chi connectivity index (χ1) is 13.9. The van der Waals surface area contributed by atoms with Crippen LogP contribution < -0.4 is 5.32 Å². The number of nitrogens with one attached hydrogen (secondary N) is 1. The first-order valence-electron chi connectivity index (χ1n) is 9.50. The maximum absolute atomic E-state index is 14.9. The Bertz CT molecular complexity index is 1190. The van der Waals surface area contributed by atoms with Crippen molar-refractivity contribution in [3.05, 3.63) is 77.2 Å². The highest BCUT2D eigenvalue weighted by atomic mass is 35.5. The lowest BCUT2D eigenvalue weighted by molar-refractivity contribution is 0.626. The number of halogens is 2. The summed E-state index contributed by atoms with van der Waals surface area (Å²) in [6, 6.07) is 16.8. The van der Waals surface area contributed by atoms with E-state index in [1.54, 1.807) is 18.3 Å². The predicted molar refractivity (Wildman–Crippen MR) is 119 cm³/mol. The topological polar surface area (TPSA) is 37.8 Å². The molecular weight excluding hydrogens is 385 g/mol. The summed E-state index contributed by atoms with van der Waals surface area (Å²) in [7, 11) is 0. The normalized spacial score (nSPS) is 11.2. The van der Waals surface area contributed by atoms with Gasteiger partial charge in [-0.1, -0.05) is 29.8 Å². The number of hydrogen-bond acceptors (Lipinski definition) is 3. The van der Waals surface area contributed by atoms with Crippen molar-refractivity contribution < 1.29 is 4.39 Å². The maximum Gasteiger partial charge on any atom is 0.150 e. The molecule has 0 aliphatic heterocycles. The molecule has 146 valence electrons. The van der Waals surface area contributed by atoms with Crippen molar-refractivity contribution in [1.82, 2.24) is 9.97 Å². The summed E-state index contributed by atoms with van der Waals surface area (Å²) in [5, 5.41) is 4.96. The molecule has 0 fully saturated rings. The van der Waals surface area contributed by atoms with Gasteiger partial charge < -0.3 is 5.32 Å². The zero-order valence-corrected chi connectivity index (χ0v) is 17.3. The molecule has 0 aliphatic rings. The minimum absolute atomic E-state index is 0.302. The highest BCUT2D eigenvalue weighted by Crippen LogP contribution is 2.30. The van der Waals surface area contributed by atoms with E-state index >= 15 is 0 Å². The van der Waals surface area contributed by atoms with E-state index in [0.29, 0.717) is 22.3 Å². The van der Waals surface area contributed by atoms with Crippen LogP contribution in [0.1, 0.15) is 19.4 Å². The van der Waals surface area contributed by atoms with Crippen LogP contribution in [0.15, 0.2) is 60.8 Å². The number of hydrogen-bond donors (Lipinski definition) is 1. The van der Waals surface area contributed by atoms with Crippen molar-refractivity contribution in [2.24, 2.45) is 0 Å². The monoisotopic (exact) mass is 405 g/mol. The third-order valence-corrected chi connectivity index (χ3v) is 5.00. The minimum atomic E-state index is -0.361. The largest absolute Gasteiger partial charge is 0.368 e. The molecule has 29 heavy (non-hydrogen) atoms.